The number of aromatic nitrogens is 2. The number of halogens is 4. The maximum Gasteiger partial charge on any atom is 0.416 e. The van der Waals surface area contributed by atoms with Crippen molar-refractivity contribution in [2.45, 2.75) is 12.8 Å². The lowest BCUT2D eigenvalue weighted by atomic mass is 10.1. The molecule has 0 radical (unpaired) electrons. The van der Waals surface area contributed by atoms with E-state index in [2.05, 4.69) is 25.9 Å². The number of alkyl halides is 3. The average Bonchev–Trinajstić information content (AvgIpc) is 2.43. The van der Waals surface area contributed by atoms with Crippen molar-refractivity contribution >= 4 is 21.7 Å². The molecule has 0 atom stereocenters. The maximum absolute atomic E-state index is 12.5. The third-order valence-corrected chi connectivity index (χ3v) is 3.56. The zero-order valence-corrected chi connectivity index (χ0v) is 12.5. The van der Waals surface area contributed by atoms with Gasteiger partial charge in [0.15, 0.2) is 5.82 Å². The van der Waals surface area contributed by atoms with Crippen molar-refractivity contribution in [1.29, 1.82) is 0 Å². The second-order valence-electron chi connectivity index (χ2n) is 4.20. The molecule has 2 N–H and O–H groups in total. The van der Waals surface area contributed by atoms with Gasteiger partial charge in [-0.2, -0.15) is 13.2 Å². The maximum atomic E-state index is 12.5. The monoisotopic (exact) mass is 361 g/mol. The largest absolute Gasteiger partial charge is 0.416 e. The van der Waals surface area contributed by atoms with E-state index in [1.54, 1.807) is 0 Å². The molecule has 2 aromatic rings. The van der Waals surface area contributed by atoms with Crippen LogP contribution in [-0.4, -0.2) is 17.1 Å². The summed E-state index contributed by atoms with van der Waals surface area (Å²) in [6, 6.07) is 4.57. The summed E-state index contributed by atoms with van der Waals surface area (Å²) in [4.78, 5) is 8.30. The Balaban J connectivity index is 2.42. The molecule has 1 aromatic carbocycles. The fourth-order valence-electron chi connectivity index (χ4n) is 1.68. The summed E-state index contributed by atoms with van der Waals surface area (Å²) in [6.45, 7) is 0.209. The minimum Gasteiger partial charge on any atom is -0.383 e. The molecule has 4 nitrogen and oxygen atoms in total. The molecule has 1 heterocycles. The molecule has 0 amide bonds. The Morgan fingerprint density at radius 1 is 1.19 bits per heavy atom. The van der Waals surface area contributed by atoms with Crippen molar-refractivity contribution in [2.24, 2.45) is 0 Å². The highest BCUT2D eigenvalue weighted by molar-refractivity contribution is 9.10. The number of nitrogens with two attached hydrogens (primary N) is 1. The molecule has 2 rings (SSSR count). The molecule has 0 spiro atoms. The lowest BCUT2D eigenvalue weighted by Gasteiger charge is -2.10. The van der Waals surface area contributed by atoms with E-state index in [9.17, 15) is 13.2 Å². The molecule has 0 bridgehead atoms. The molecule has 0 saturated heterocycles. The van der Waals surface area contributed by atoms with Crippen LogP contribution in [0.15, 0.2) is 28.7 Å². The predicted octanol–water partition coefficient (Wildman–Crippen LogP) is 3.65. The summed E-state index contributed by atoms with van der Waals surface area (Å²) < 4.78 is 43.1. The SMILES string of the molecule is COCc1nc(-c2ccc(C(F)(F)F)cc2)nc(N)c1Br. The summed E-state index contributed by atoms with van der Waals surface area (Å²) in [5.41, 5.74) is 6.00. The van der Waals surface area contributed by atoms with Crippen LogP contribution in [0.4, 0.5) is 19.0 Å². The summed E-state index contributed by atoms with van der Waals surface area (Å²) in [6.07, 6.45) is -4.38. The van der Waals surface area contributed by atoms with Crippen molar-refractivity contribution < 1.29 is 17.9 Å². The Hall–Kier alpha value is -1.67. The molecule has 0 aliphatic carbocycles. The van der Waals surface area contributed by atoms with Gasteiger partial charge in [-0.15, -0.1) is 0 Å². The predicted molar refractivity (Wildman–Crippen MR) is 75.3 cm³/mol. The van der Waals surface area contributed by atoms with E-state index in [1.165, 1.54) is 19.2 Å². The van der Waals surface area contributed by atoms with Gasteiger partial charge in [-0.3, -0.25) is 0 Å². The van der Waals surface area contributed by atoms with E-state index in [1.807, 2.05) is 0 Å². The van der Waals surface area contributed by atoms with Crippen LogP contribution in [0.5, 0.6) is 0 Å². The Morgan fingerprint density at radius 2 is 1.81 bits per heavy atom. The fraction of sp³-hybridized carbons (Fsp3) is 0.231. The molecule has 0 aliphatic rings. The van der Waals surface area contributed by atoms with Gasteiger partial charge >= 0.3 is 6.18 Å². The number of methoxy groups -OCH3 is 1. The van der Waals surface area contributed by atoms with Crippen molar-refractivity contribution in [3.63, 3.8) is 0 Å². The van der Waals surface area contributed by atoms with E-state index < -0.39 is 11.7 Å². The second kappa shape index (κ2) is 5.98. The molecular weight excluding hydrogens is 351 g/mol. The van der Waals surface area contributed by atoms with Gasteiger partial charge in [-0.05, 0) is 28.1 Å². The van der Waals surface area contributed by atoms with Gasteiger partial charge in [0, 0.05) is 12.7 Å². The van der Waals surface area contributed by atoms with E-state index in [0.29, 0.717) is 15.7 Å². The lowest BCUT2D eigenvalue weighted by molar-refractivity contribution is -0.137. The molecule has 112 valence electrons. The summed E-state index contributed by atoms with van der Waals surface area (Å²) in [7, 11) is 1.50. The standard InChI is InChI=1S/C13H11BrF3N3O/c1-21-6-9-10(14)11(18)20-12(19-9)7-2-4-8(5-3-7)13(15,16)17/h2-5H,6H2,1H3,(H2,18,19,20). The average molecular weight is 362 g/mol. The highest BCUT2D eigenvalue weighted by Gasteiger charge is 2.30. The number of nitrogen functional groups attached to an aromatic ring is 1. The fourth-order valence-corrected chi connectivity index (χ4v) is 1.97. The number of rotatable bonds is 3. The number of anilines is 1. The number of benzene rings is 1. The molecule has 0 unspecified atom stereocenters. The molecular formula is C13H11BrF3N3O. The van der Waals surface area contributed by atoms with Gasteiger partial charge < -0.3 is 10.5 Å². The lowest BCUT2D eigenvalue weighted by Crippen LogP contribution is -2.05. The zero-order valence-electron chi connectivity index (χ0n) is 10.9. The molecule has 1 aromatic heterocycles. The third-order valence-electron chi connectivity index (χ3n) is 2.70. The van der Waals surface area contributed by atoms with E-state index in [4.69, 9.17) is 10.5 Å². The topological polar surface area (TPSA) is 61.0 Å². The first-order valence-electron chi connectivity index (χ1n) is 5.81. The zero-order chi connectivity index (χ0) is 15.6. The molecule has 21 heavy (non-hydrogen) atoms. The van der Waals surface area contributed by atoms with Crippen LogP contribution in [0.3, 0.4) is 0 Å². The van der Waals surface area contributed by atoms with Gasteiger partial charge in [0.1, 0.15) is 5.82 Å². The Bertz CT molecular complexity index is 644. The number of ether oxygens (including phenoxy) is 1. The highest BCUT2D eigenvalue weighted by atomic mass is 79.9. The number of nitrogens with zero attached hydrogens (tertiary/aromatic N) is 2. The van der Waals surface area contributed by atoms with Crippen molar-refractivity contribution in [1.82, 2.24) is 9.97 Å². The normalized spacial score (nSPS) is 11.7. The first-order valence-corrected chi connectivity index (χ1v) is 6.60. The van der Waals surface area contributed by atoms with Crippen LogP contribution in [0.25, 0.3) is 11.4 Å². The number of hydrogen-bond acceptors (Lipinski definition) is 4. The molecule has 0 aliphatic heterocycles. The van der Waals surface area contributed by atoms with Crippen LogP contribution in [0, 0.1) is 0 Å². The van der Waals surface area contributed by atoms with Crippen molar-refractivity contribution in [2.75, 3.05) is 12.8 Å². The Kier molecular flexibility index (Phi) is 4.48. The Labute approximate surface area is 127 Å². The van der Waals surface area contributed by atoms with Crippen LogP contribution in [-0.2, 0) is 17.5 Å². The van der Waals surface area contributed by atoms with E-state index in [-0.39, 0.29) is 18.2 Å². The van der Waals surface area contributed by atoms with E-state index >= 15 is 0 Å². The van der Waals surface area contributed by atoms with Crippen LogP contribution in [0.2, 0.25) is 0 Å². The minimum atomic E-state index is -4.38. The highest BCUT2D eigenvalue weighted by Crippen LogP contribution is 2.31. The van der Waals surface area contributed by atoms with Gasteiger partial charge in [0.25, 0.3) is 0 Å². The third kappa shape index (κ3) is 3.51. The first-order chi connectivity index (χ1) is 9.82. The van der Waals surface area contributed by atoms with Crippen molar-refractivity contribution in [3.05, 3.63) is 40.0 Å². The van der Waals surface area contributed by atoms with Crippen LogP contribution in [0.1, 0.15) is 11.3 Å². The second-order valence-corrected chi connectivity index (χ2v) is 4.99. The smallest absolute Gasteiger partial charge is 0.383 e. The first kappa shape index (κ1) is 15.7. The van der Waals surface area contributed by atoms with Crippen LogP contribution >= 0.6 is 15.9 Å². The molecule has 0 fully saturated rings. The molecule has 0 saturated carbocycles. The summed E-state index contributed by atoms with van der Waals surface area (Å²) >= 11 is 3.25. The quantitative estimate of drug-likeness (QED) is 0.906. The van der Waals surface area contributed by atoms with Gasteiger partial charge in [-0.1, -0.05) is 12.1 Å². The summed E-state index contributed by atoms with van der Waals surface area (Å²) in [5, 5.41) is 0. The Morgan fingerprint density at radius 3 is 2.33 bits per heavy atom. The minimum absolute atomic E-state index is 0.201. The van der Waals surface area contributed by atoms with Gasteiger partial charge in [0.05, 0.1) is 22.3 Å². The van der Waals surface area contributed by atoms with Gasteiger partial charge in [-0.25, -0.2) is 9.97 Å². The molecule has 8 heteroatoms. The van der Waals surface area contributed by atoms with E-state index in [0.717, 1.165) is 12.1 Å². The van der Waals surface area contributed by atoms with Crippen LogP contribution < -0.4 is 5.73 Å². The van der Waals surface area contributed by atoms with Crippen molar-refractivity contribution in [3.8, 4) is 11.4 Å². The van der Waals surface area contributed by atoms with Gasteiger partial charge in [0.2, 0.25) is 0 Å². The number of hydrogen-bond donors (Lipinski definition) is 1. The summed E-state index contributed by atoms with van der Waals surface area (Å²) in [5.74, 6) is 0.448.